The lowest BCUT2D eigenvalue weighted by molar-refractivity contribution is -0.384. The number of carbonyl (C=O) groups excluding carboxylic acids is 1. The Morgan fingerprint density at radius 3 is 2.62 bits per heavy atom. The number of rotatable bonds is 9. The van der Waals surface area contributed by atoms with E-state index in [1.165, 1.54) is 24.3 Å². The second kappa shape index (κ2) is 11.7. The third-order valence-corrected chi connectivity index (χ3v) is 5.73. The molecule has 0 unspecified atom stereocenters. The summed E-state index contributed by atoms with van der Waals surface area (Å²) in [6.07, 6.45) is 3.02. The molecule has 0 bridgehead atoms. The van der Waals surface area contributed by atoms with E-state index in [9.17, 15) is 14.9 Å². The van der Waals surface area contributed by atoms with E-state index in [-0.39, 0.29) is 18.2 Å². The van der Waals surface area contributed by atoms with Crippen molar-refractivity contribution in [1.82, 2.24) is 0 Å². The fraction of sp³-hybridized carbons (Fsp3) is 0.160. The SMILES string of the molecule is CCOc1cc(/C=C/C(=O)Nc2ccc([N+](=O)[O-])cc2C)cc(Br)c1OCc1ccccc1Cl. The molecule has 0 saturated carbocycles. The number of carbonyl (C=O) groups is 1. The Morgan fingerprint density at radius 2 is 1.94 bits per heavy atom. The van der Waals surface area contributed by atoms with Crippen LogP contribution in [0.3, 0.4) is 0 Å². The highest BCUT2D eigenvalue weighted by molar-refractivity contribution is 9.10. The van der Waals surface area contributed by atoms with Crippen molar-refractivity contribution in [2.24, 2.45) is 0 Å². The molecule has 176 valence electrons. The molecule has 1 amide bonds. The largest absolute Gasteiger partial charge is 0.490 e. The summed E-state index contributed by atoms with van der Waals surface area (Å²) in [5.74, 6) is 0.685. The molecule has 3 aromatic rings. The van der Waals surface area contributed by atoms with Crippen LogP contribution in [0.1, 0.15) is 23.6 Å². The molecule has 0 radical (unpaired) electrons. The first kappa shape index (κ1) is 25.3. The van der Waals surface area contributed by atoms with Crippen molar-refractivity contribution >= 4 is 50.9 Å². The van der Waals surface area contributed by atoms with Gasteiger partial charge in [-0.05, 0) is 71.2 Å². The number of hydrogen-bond acceptors (Lipinski definition) is 5. The zero-order valence-electron chi connectivity index (χ0n) is 18.5. The lowest BCUT2D eigenvalue weighted by Gasteiger charge is -2.15. The van der Waals surface area contributed by atoms with E-state index >= 15 is 0 Å². The van der Waals surface area contributed by atoms with Gasteiger partial charge in [-0.3, -0.25) is 14.9 Å². The summed E-state index contributed by atoms with van der Waals surface area (Å²) in [5.41, 5.74) is 2.63. The Kier molecular flexibility index (Phi) is 8.67. The van der Waals surface area contributed by atoms with Crippen molar-refractivity contribution in [3.05, 3.63) is 97.0 Å². The number of amides is 1. The first-order valence-corrected chi connectivity index (χ1v) is 11.5. The quantitative estimate of drug-likeness (QED) is 0.178. The van der Waals surface area contributed by atoms with Crippen LogP contribution in [0.15, 0.2) is 65.1 Å². The number of nitrogens with zero attached hydrogens (tertiary/aromatic N) is 1. The van der Waals surface area contributed by atoms with Crippen LogP contribution in [0, 0.1) is 17.0 Å². The molecule has 1 N–H and O–H groups in total. The highest BCUT2D eigenvalue weighted by Crippen LogP contribution is 2.38. The van der Waals surface area contributed by atoms with Crippen LogP contribution in [-0.2, 0) is 11.4 Å². The number of benzene rings is 3. The summed E-state index contributed by atoms with van der Waals surface area (Å²) >= 11 is 9.74. The van der Waals surface area contributed by atoms with Crippen molar-refractivity contribution in [3.63, 3.8) is 0 Å². The number of hydrogen-bond donors (Lipinski definition) is 1. The molecule has 0 aromatic heterocycles. The molecule has 0 atom stereocenters. The minimum atomic E-state index is -0.478. The lowest BCUT2D eigenvalue weighted by Crippen LogP contribution is -2.09. The maximum atomic E-state index is 12.4. The molecular weight excluding hydrogens is 524 g/mol. The van der Waals surface area contributed by atoms with Gasteiger partial charge >= 0.3 is 0 Å². The second-order valence-corrected chi connectivity index (χ2v) is 8.48. The molecule has 9 heteroatoms. The summed E-state index contributed by atoms with van der Waals surface area (Å²) in [7, 11) is 0. The topological polar surface area (TPSA) is 90.7 Å². The van der Waals surface area contributed by atoms with E-state index in [1.54, 1.807) is 25.1 Å². The van der Waals surface area contributed by atoms with E-state index in [4.69, 9.17) is 21.1 Å². The van der Waals surface area contributed by atoms with Gasteiger partial charge in [-0.2, -0.15) is 0 Å². The van der Waals surface area contributed by atoms with Crippen molar-refractivity contribution < 1.29 is 19.2 Å². The second-order valence-electron chi connectivity index (χ2n) is 7.22. The zero-order valence-corrected chi connectivity index (χ0v) is 20.9. The van der Waals surface area contributed by atoms with Crippen LogP contribution in [0.5, 0.6) is 11.5 Å². The highest BCUT2D eigenvalue weighted by atomic mass is 79.9. The van der Waals surface area contributed by atoms with E-state index in [1.807, 2.05) is 31.2 Å². The van der Waals surface area contributed by atoms with E-state index in [2.05, 4.69) is 21.2 Å². The molecule has 0 saturated heterocycles. The summed E-state index contributed by atoms with van der Waals surface area (Å²) in [5, 5.41) is 14.2. The predicted octanol–water partition coefficient (Wildman–Crippen LogP) is 6.95. The first-order valence-electron chi connectivity index (χ1n) is 10.3. The van der Waals surface area contributed by atoms with Crippen LogP contribution in [0.25, 0.3) is 6.08 Å². The molecule has 0 fully saturated rings. The van der Waals surface area contributed by atoms with Gasteiger partial charge in [-0.25, -0.2) is 0 Å². The van der Waals surface area contributed by atoms with Crippen molar-refractivity contribution in [3.8, 4) is 11.5 Å². The summed E-state index contributed by atoms with van der Waals surface area (Å²) in [6.45, 7) is 4.26. The number of nitro groups is 1. The van der Waals surface area contributed by atoms with Crippen LogP contribution in [-0.4, -0.2) is 17.4 Å². The average Bonchev–Trinajstić information content (AvgIpc) is 2.79. The Labute approximate surface area is 210 Å². The van der Waals surface area contributed by atoms with Crippen LogP contribution < -0.4 is 14.8 Å². The van der Waals surface area contributed by atoms with Crippen molar-refractivity contribution in [1.29, 1.82) is 0 Å². The lowest BCUT2D eigenvalue weighted by atomic mass is 10.1. The van der Waals surface area contributed by atoms with Gasteiger partial charge in [0.05, 0.1) is 16.0 Å². The van der Waals surface area contributed by atoms with Crippen LogP contribution in [0.2, 0.25) is 5.02 Å². The maximum Gasteiger partial charge on any atom is 0.269 e. The van der Waals surface area contributed by atoms with Gasteiger partial charge in [0.25, 0.3) is 5.69 Å². The fourth-order valence-corrected chi connectivity index (χ4v) is 3.86. The molecule has 0 aliphatic rings. The highest BCUT2D eigenvalue weighted by Gasteiger charge is 2.13. The summed E-state index contributed by atoms with van der Waals surface area (Å²) < 4.78 is 12.4. The Bertz CT molecular complexity index is 1250. The van der Waals surface area contributed by atoms with E-state index in [0.29, 0.717) is 38.9 Å². The molecule has 0 aliphatic carbocycles. The van der Waals surface area contributed by atoms with E-state index < -0.39 is 4.92 Å². The molecule has 3 aromatic carbocycles. The molecule has 0 aliphatic heterocycles. The summed E-state index contributed by atoms with van der Waals surface area (Å²) in [4.78, 5) is 22.8. The van der Waals surface area contributed by atoms with Crippen LogP contribution in [0.4, 0.5) is 11.4 Å². The number of nitro benzene ring substituents is 1. The number of ether oxygens (including phenoxy) is 2. The number of anilines is 1. The minimum Gasteiger partial charge on any atom is -0.490 e. The van der Waals surface area contributed by atoms with Gasteiger partial charge in [0.15, 0.2) is 11.5 Å². The predicted molar refractivity (Wildman–Crippen MR) is 137 cm³/mol. The van der Waals surface area contributed by atoms with E-state index in [0.717, 1.165) is 11.1 Å². The molecule has 34 heavy (non-hydrogen) atoms. The number of aryl methyl sites for hydroxylation is 1. The van der Waals surface area contributed by atoms with Crippen molar-refractivity contribution in [2.45, 2.75) is 20.5 Å². The van der Waals surface area contributed by atoms with Gasteiger partial charge < -0.3 is 14.8 Å². The average molecular weight is 546 g/mol. The standard InChI is InChI=1S/C25H22BrClN2O5/c1-3-33-23-14-17(13-20(26)25(23)34-15-18-6-4-5-7-21(18)27)8-11-24(30)28-22-10-9-19(29(31)32)12-16(22)2/h4-14H,3,15H2,1-2H3,(H,28,30)/b11-8+. The number of nitrogens with one attached hydrogen (secondary N) is 1. The Balaban J connectivity index is 1.74. The normalized spacial score (nSPS) is 10.8. The van der Waals surface area contributed by atoms with Gasteiger partial charge in [-0.1, -0.05) is 29.8 Å². The number of non-ortho nitro benzene ring substituents is 1. The molecule has 3 rings (SSSR count). The Hall–Kier alpha value is -3.36. The smallest absolute Gasteiger partial charge is 0.269 e. The van der Waals surface area contributed by atoms with Gasteiger partial charge in [0.1, 0.15) is 6.61 Å². The summed E-state index contributed by atoms with van der Waals surface area (Å²) in [6, 6.07) is 15.3. The van der Waals surface area contributed by atoms with Gasteiger partial charge in [0, 0.05) is 34.5 Å². The van der Waals surface area contributed by atoms with Crippen LogP contribution >= 0.6 is 27.5 Å². The molecular formula is C25H22BrClN2O5. The van der Waals surface area contributed by atoms with Crippen molar-refractivity contribution in [2.75, 3.05) is 11.9 Å². The first-order chi connectivity index (χ1) is 16.3. The molecule has 7 nitrogen and oxygen atoms in total. The molecule has 0 heterocycles. The van der Waals surface area contributed by atoms with Gasteiger partial charge in [0.2, 0.25) is 5.91 Å². The fourth-order valence-electron chi connectivity index (χ4n) is 3.10. The monoisotopic (exact) mass is 544 g/mol. The Morgan fingerprint density at radius 1 is 1.18 bits per heavy atom. The third kappa shape index (κ3) is 6.59. The third-order valence-electron chi connectivity index (χ3n) is 4.77. The maximum absolute atomic E-state index is 12.4. The zero-order chi connectivity index (χ0) is 24.7. The minimum absolute atomic E-state index is 0.0313. The number of halogens is 2. The molecule has 0 spiro atoms. The van der Waals surface area contributed by atoms with Gasteiger partial charge in [-0.15, -0.1) is 0 Å².